The molecule has 0 aliphatic heterocycles. The van der Waals surface area contributed by atoms with Crippen molar-refractivity contribution in [3.8, 4) is 6.07 Å². The number of nitrogens with one attached hydrogen (secondary N) is 1. The zero-order chi connectivity index (χ0) is 12.7. The fourth-order valence-electron chi connectivity index (χ4n) is 1.26. The van der Waals surface area contributed by atoms with E-state index in [1.54, 1.807) is 30.3 Å². The maximum atomic E-state index is 11.6. The Morgan fingerprint density at radius 3 is 2.53 bits per heavy atom. The van der Waals surface area contributed by atoms with Crippen molar-refractivity contribution in [2.24, 2.45) is 0 Å². The second kappa shape index (κ2) is 6.18. The zero-order valence-electron chi connectivity index (χ0n) is 9.39. The average molecular weight is 250 g/mol. The molecule has 90 valence electrons. The largest absolute Gasteiger partial charge is 0.215 e. The van der Waals surface area contributed by atoms with E-state index in [0.29, 0.717) is 24.1 Å². The van der Waals surface area contributed by atoms with E-state index in [4.69, 9.17) is 5.26 Å². The third-order valence-electron chi connectivity index (χ3n) is 2.11. The minimum atomic E-state index is -3.31. The summed E-state index contributed by atoms with van der Waals surface area (Å²) < 4.78 is 25.7. The molecule has 0 atom stereocenters. The molecule has 0 bridgehead atoms. The molecule has 0 aliphatic carbocycles. The molecule has 4 nitrogen and oxygen atoms in total. The van der Waals surface area contributed by atoms with Gasteiger partial charge in [-0.25, -0.2) is 13.1 Å². The summed E-state index contributed by atoms with van der Waals surface area (Å²) in [5, 5.41) is 8.61. The maximum Gasteiger partial charge on any atom is 0.215 e. The molecule has 0 fully saturated rings. The van der Waals surface area contributed by atoms with Crippen LogP contribution in [-0.4, -0.2) is 15.0 Å². The summed E-state index contributed by atoms with van der Waals surface area (Å²) in [7, 11) is -3.31. The van der Waals surface area contributed by atoms with Crippen LogP contribution in [0.25, 0.3) is 0 Å². The molecule has 1 rings (SSSR count). The minimum Gasteiger partial charge on any atom is -0.215 e. The Morgan fingerprint density at radius 2 is 2.00 bits per heavy atom. The van der Waals surface area contributed by atoms with Crippen molar-refractivity contribution < 1.29 is 8.42 Å². The van der Waals surface area contributed by atoms with Crippen LogP contribution < -0.4 is 4.72 Å². The van der Waals surface area contributed by atoms with E-state index in [1.165, 1.54) is 0 Å². The van der Waals surface area contributed by atoms with Gasteiger partial charge in [0.2, 0.25) is 10.0 Å². The first kappa shape index (κ1) is 13.4. The molecule has 1 aromatic rings. The van der Waals surface area contributed by atoms with Gasteiger partial charge in [-0.3, -0.25) is 0 Å². The van der Waals surface area contributed by atoms with E-state index in [-0.39, 0.29) is 5.75 Å². The number of benzene rings is 1. The van der Waals surface area contributed by atoms with Crippen LogP contribution in [0.1, 0.15) is 17.5 Å². The van der Waals surface area contributed by atoms with Crippen molar-refractivity contribution in [3.63, 3.8) is 0 Å². The molecule has 0 heterocycles. The van der Waals surface area contributed by atoms with E-state index in [2.05, 4.69) is 11.3 Å². The molecule has 1 N–H and O–H groups in total. The molecule has 0 unspecified atom stereocenters. The SMILES string of the molecule is C=CCCNS(=O)(=O)Cc1ccc(C#N)cc1. The third-order valence-corrected chi connectivity index (χ3v) is 3.47. The highest BCUT2D eigenvalue weighted by Crippen LogP contribution is 2.07. The van der Waals surface area contributed by atoms with Crippen molar-refractivity contribution in [2.45, 2.75) is 12.2 Å². The Kier molecular flexibility index (Phi) is 4.88. The second-order valence-corrected chi connectivity index (χ2v) is 5.35. The lowest BCUT2D eigenvalue weighted by Gasteiger charge is -2.05. The quantitative estimate of drug-likeness (QED) is 0.615. The summed E-state index contributed by atoms with van der Waals surface area (Å²) in [5.74, 6) is -0.0736. The van der Waals surface area contributed by atoms with Crippen LogP contribution in [0.4, 0.5) is 0 Å². The third kappa shape index (κ3) is 4.81. The molecule has 0 spiro atoms. The molecule has 5 heteroatoms. The highest BCUT2D eigenvalue weighted by molar-refractivity contribution is 7.88. The second-order valence-electron chi connectivity index (χ2n) is 3.54. The molecule has 0 saturated carbocycles. The van der Waals surface area contributed by atoms with E-state index in [1.807, 2.05) is 6.07 Å². The number of nitrogens with zero attached hydrogens (tertiary/aromatic N) is 1. The van der Waals surface area contributed by atoms with Gasteiger partial charge in [-0.1, -0.05) is 18.2 Å². The zero-order valence-corrected chi connectivity index (χ0v) is 10.2. The smallest absolute Gasteiger partial charge is 0.215 e. The molecule has 17 heavy (non-hydrogen) atoms. The molecule has 0 amide bonds. The molecule has 0 radical (unpaired) electrons. The summed E-state index contributed by atoms with van der Waals surface area (Å²) >= 11 is 0. The summed E-state index contributed by atoms with van der Waals surface area (Å²) in [6.45, 7) is 3.88. The Bertz CT molecular complexity index is 512. The van der Waals surface area contributed by atoms with Gasteiger partial charge in [-0.05, 0) is 24.1 Å². The van der Waals surface area contributed by atoms with Gasteiger partial charge in [0.05, 0.1) is 17.4 Å². The van der Waals surface area contributed by atoms with Gasteiger partial charge in [0.1, 0.15) is 0 Å². The lowest BCUT2D eigenvalue weighted by Crippen LogP contribution is -2.25. The summed E-state index contributed by atoms with van der Waals surface area (Å²) in [4.78, 5) is 0. The molecule has 0 saturated heterocycles. The topological polar surface area (TPSA) is 70.0 Å². The van der Waals surface area contributed by atoms with E-state index in [0.717, 1.165) is 0 Å². The fourth-order valence-corrected chi connectivity index (χ4v) is 2.42. The van der Waals surface area contributed by atoms with Gasteiger partial charge in [-0.2, -0.15) is 5.26 Å². The van der Waals surface area contributed by atoms with Crippen LogP contribution in [0.3, 0.4) is 0 Å². The molecule has 1 aromatic carbocycles. The highest BCUT2D eigenvalue weighted by Gasteiger charge is 2.10. The van der Waals surface area contributed by atoms with Crippen LogP contribution in [-0.2, 0) is 15.8 Å². The average Bonchev–Trinajstić information content (AvgIpc) is 2.30. The summed E-state index contributed by atoms with van der Waals surface area (Å²) in [5.41, 5.74) is 1.18. The van der Waals surface area contributed by atoms with Crippen molar-refractivity contribution in [1.29, 1.82) is 5.26 Å². The first-order valence-corrected chi connectivity index (χ1v) is 6.80. The maximum absolute atomic E-state index is 11.6. The van der Waals surface area contributed by atoms with Crippen LogP contribution in [0, 0.1) is 11.3 Å². The summed E-state index contributed by atoms with van der Waals surface area (Å²) in [6, 6.07) is 8.48. The Hall–Kier alpha value is -1.64. The minimum absolute atomic E-state index is 0.0736. The lowest BCUT2D eigenvalue weighted by atomic mass is 10.2. The molecule has 0 aromatic heterocycles. The Balaban J connectivity index is 2.63. The molecule has 0 aliphatic rings. The predicted molar refractivity (Wildman–Crippen MR) is 66.6 cm³/mol. The summed E-state index contributed by atoms with van der Waals surface area (Å²) in [6.07, 6.45) is 2.26. The molecular weight excluding hydrogens is 236 g/mol. The monoisotopic (exact) mass is 250 g/mol. The standard InChI is InChI=1S/C12H14N2O2S/c1-2-3-8-14-17(15,16)10-12-6-4-11(9-13)5-7-12/h2,4-7,14H,1,3,8,10H2. The van der Waals surface area contributed by atoms with Crippen LogP contribution in [0.15, 0.2) is 36.9 Å². The van der Waals surface area contributed by atoms with Gasteiger partial charge in [-0.15, -0.1) is 6.58 Å². The van der Waals surface area contributed by atoms with E-state index in [9.17, 15) is 8.42 Å². The van der Waals surface area contributed by atoms with E-state index < -0.39 is 10.0 Å². The van der Waals surface area contributed by atoms with Crippen LogP contribution in [0.5, 0.6) is 0 Å². The first-order valence-electron chi connectivity index (χ1n) is 5.14. The first-order chi connectivity index (χ1) is 8.07. The normalized spacial score (nSPS) is 10.8. The van der Waals surface area contributed by atoms with Crippen LogP contribution in [0.2, 0.25) is 0 Å². The number of hydrogen-bond donors (Lipinski definition) is 1. The van der Waals surface area contributed by atoms with Gasteiger partial charge >= 0.3 is 0 Å². The number of sulfonamides is 1. The van der Waals surface area contributed by atoms with Gasteiger partial charge in [0.15, 0.2) is 0 Å². The van der Waals surface area contributed by atoms with E-state index >= 15 is 0 Å². The van der Waals surface area contributed by atoms with Crippen molar-refractivity contribution >= 4 is 10.0 Å². The number of hydrogen-bond acceptors (Lipinski definition) is 3. The van der Waals surface area contributed by atoms with Gasteiger partial charge < -0.3 is 0 Å². The van der Waals surface area contributed by atoms with Gasteiger partial charge in [0.25, 0.3) is 0 Å². The fraction of sp³-hybridized carbons (Fsp3) is 0.250. The highest BCUT2D eigenvalue weighted by atomic mass is 32.2. The Labute approximate surface area is 102 Å². The number of rotatable bonds is 6. The predicted octanol–water partition coefficient (Wildman–Crippen LogP) is 1.55. The number of nitriles is 1. The molecular formula is C12H14N2O2S. The Morgan fingerprint density at radius 1 is 1.35 bits per heavy atom. The lowest BCUT2D eigenvalue weighted by molar-refractivity contribution is 0.581. The van der Waals surface area contributed by atoms with Crippen molar-refractivity contribution in [2.75, 3.05) is 6.54 Å². The van der Waals surface area contributed by atoms with Gasteiger partial charge in [0, 0.05) is 6.54 Å². The van der Waals surface area contributed by atoms with Crippen LogP contribution >= 0.6 is 0 Å². The van der Waals surface area contributed by atoms with Crippen molar-refractivity contribution in [1.82, 2.24) is 4.72 Å². The van der Waals surface area contributed by atoms with Crippen molar-refractivity contribution in [3.05, 3.63) is 48.0 Å².